The van der Waals surface area contributed by atoms with Crippen molar-refractivity contribution in [1.29, 1.82) is 5.26 Å². The number of piperidine rings is 1. The summed E-state index contributed by atoms with van der Waals surface area (Å²) in [6.07, 6.45) is 13.7. The molecular weight excluding hydrogens is 503 g/mol. The second-order valence-corrected chi connectivity index (χ2v) is 11.4. The van der Waals surface area contributed by atoms with Crippen LogP contribution in [-0.4, -0.2) is 68.9 Å². The summed E-state index contributed by atoms with van der Waals surface area (Å²) < 4.78 is 15.7. The Morgan fingerprint density at radius 3 is 2.70 bits per heavy atom. The monoisotopic (exact) mass is 532 g/mol. The highest BCUT2D eigenvalue weighted by Gasteiger charge is 2.44. The maximum atomic E-state index is 14.0. The summed E-state index contributed by atoms with van der Waals surface area (Å²) in [4.78, 5) is 16.6. The van der Waals surface area contributed by atoms with Crippen LogP contribution in [0.4, 0.5) is 15.9 Å². The van der Waals surface area contributed by atoms with Gasteiger partial charge in [-0.25, -0.2) is 13.9 Å². The number of anilines is 2. The molecule has 8 heterocycles. The topological polar surface area (TPSA) is 76.6 Å². The highest BCUT2D eigenvalue weighted by Crippen LogP contribution is 2.37. The molecule has 4 fully saturated rings. The molecule has 0 amide bonds. The normalized spacial score (nSPS) is 23.4. The Labute approximate surface area is 232 Å². The molecule has 4 aromatic rings. The third-order valence-electron chi connectivity index (χ3n) is 8.98. The van der Waals surface area contributed by atoms with Crippen LogP contribution >= 0.6 is 0 Å². The van der Waals surface area contributed by atoms with E-state index in [-0.39, 0.29) is 0 Å². The van der Waals surface area contributed by atoms with Gasteiger partial charge in [0.15, 0.2) is 0 Å². The molecule has 0 N–H and O–H groups in total. The van der Waals surface area contributed by atoms with Gasteiger partial charge in [-0.1, -0.05) is 12.2 Å². The van der Waals surface area contributed by atoms with Crippen molar-refractivity contribution in [1.82, 2.24) is 24.5 Å². The standard InChI is InChI=1S/C31H29FN8/c32-24-6-7-37(16-24)25-10-28(31-23(11-33)14-36-40(31)19-25)22-4-5-30(35-13-22)38-17-26-9-27(18-38)39(26)15-20-8-21-2-1-3-29(21)34-12-20/h1-2,4-5,8,10,12-14,19,24,26-27H,3,6-7,9,15-18H2/t24-,26?,27?/m1/s1. The Balaban J connectivity index is 1.02. The SMILES string of the molecule is N#Cc1cnn2cc(N3CC[C@@H](F)C3)cc(-c3ccc(N4CC5CC(C4)N5Cc4cnc5c(c4)C=CC5)nc3)c12. The third kappa shape index (κ3) is 3.86. The zero-order valence-electron chi connectivity index (χ0n) is 22.1. The molecule has 4 aromatic heterocycles. The van der Waals surface area contributed by atoms with Gasteiger partial charge in [-0.3, -0.25) is 9.88 Å². The summed E-state index contributed by atoms with van der Waals surface area (Å²) in [5, 5.41) is 14.1. The number of fused-ring (bicyclic) bond motifs is 4. The second-order valence-electron chi connectivity index (χ2n) is 11.4. The maximum absolute atomic E-state index is 14.0. The number of alkyl halides is 1. The predicted octanol–water partition coefficient (Wildman–Crippen LogP) is 4.24. The van der Waals surface area contributed by atoms with Crippen LogP contribution in [0.3, 0.4) is 0 Å². The molecule has 0 saturated carbocycles. The minimum absolute atomic E-state index is 0.378. The van der Waals surface area contributed by atoms with Crippen LogP contribution in [-0.2, 0) is 13.0 Å². The van der Waals surface area contributed by atoms with E-state index in [2.05, 4.69) is 56.3 Å². The predicted molar refractivity (Wildman–Crippen MR) is 152 cm³/mol. The average Bonchev–Trinajstić information content (AvgIpc) is 3.75. The van der Waals surface area contributed by atoms with Crippen molar-refractivity contribution in [3.63, 3.8) is 0 Å². The zero-order chi connectivity index (χ0) is 26.8. The molecule has 40 heavy (non-hydrogen) atoms. The number of nitriles is 1. The lowest BCUT2D eigenvalue weighted by Gasteiger charge is -2.56. The molecule has 5 aliphatic rings. The molecule has 1 aliphatic carbocycles. The van der Waals surface area contributed by atoms with Crippen molar-refractivity contribution in [3.05, 3.63) is 77.5 Å². The Morgan fingerprint density at radius 2 is 1.93 bits per heavy atom. The minimum Gasteiger partial charge on any atom is -0.367 e. The molecular formula is C31H29FN8. The van der Waals surface area contributed by atoms with Crippen molar-refractivity contribution in [2.24, 2.45) is 0 Å². The number of hydrogen-bond donors (Lipinski definition) is 0. The van der Waals surface area contributed by atoms with Gasteiger partial charge in [-0.05, 0) is 48.2 Å². The van der Waals surface area contributed by atoms with Gasteiger partial charge in [-0.15, -0.1) is 0 Å². The maximum Gasteiger partial charge on any atom is 0.128 e. The van der Waals surface area contributed by atoms with Gasteiger partial charge < -0.3 is 9.80 Å². The lowest BCUT2D eigenvalue weighted by molar-refractivity contribution is -0.00876. The lowest BCUT2D eigenvalue weighted by atomic mass is 9.86. The van der Waals surface area contributed by atoms with Crippen LogP contribution in [0.15, 0.2) is 55.1 Å². The average molecular weight is 533 g/mol. The molecule has 8 nitrogen and oxygen atoms in total. The Bertz CT molecular complexity index is 1670. The largest absolute Gasteiger partial charge is 0.367 e. The van der Waals surface area contributed by atoms with Crippen LogP contribution in [0.25, 0.3) is 22.7 Å². The van der Waals surface area contributed by atoms with E-state index in [0.717, 1.165) is 54.2 Å². The highest BCUT2D eigenvalue weighted by atomic mass is 19.1. The van der Waals surface area contributed by atoms with Gasteiger partial charge in [-0.2, -0.15) is 10.4 Å². The van der Waals surface area contributed by atoms with Crippen molar-refractivity contribution in [3.8, 4) is 17.2 Å². The summed E-state index contributed by atoms with van der Waals surface area (Å²) in [5.41, 5.74) is 7.72. The quantitative estimate of drug-likeness (QED) is 0.381. The molecule has 0 radical (unpaired) electrons. The van der Waals surface area contributed by atoms with Crippen molar-refractivity contribution >= 4 is 23.1 Å². The van der Waals surface area contributed by atoms with E-state index < -0.39 is 6.17 Å². The molecule has 9 heteroatoms. The fraction of sp³-hybridized carbons (Fsp3) is 0.355. The van der Waals surface area contributed by atoms with Crippen LogP contribution in [0.1, 0.15) is 35.2 Å². The van der Waals surface area contributed by atoms with Crippen molar-refractivity contribution < 1.29 is 4.39 Å². The van der Waals surface area contributed by atoms with Crippen LogP contribution in [0, 0.1) is 11.3 Å². The van der Waals surface area contributed by atoms with Gasteiger partial charge >= 0.3 is 0 Å². The fourth-order valence-electron chi connectivity index (χ4n) is 6.86. The molecule has 4 saturated heterocycles. The number of nitrogens with zero attached hydrogens (tertiary/aromatic N) is 8. The molecule has 3 atom stereocenters. The van der Waals surface area contributed by atoms with Crippen LogP contribution < -0.4 is 9.80 Å². The third-order valence-corrected chi connectivity index (χ3v) is 8.98. The molecule has 0 spiro atoms. The first-order valence-electron chi connectivity index (χ1n) is 14.0. The molecule has 2 unspecified atom stereocenters. The number of piperazine rings is 1. The first-order chi connectivity index (χ1) is 19.6. The van der Waals surface area contributed by atoms with E-state index in [4.69, 9.17) is 4.98 Å². The summed E-state index contributed by atoms with van der Waals surface area (Å²) in [5.74, 6) is 0.975. The molecule has 4 aliphatic heterocycles. The van der Waals surface area contributed by atoms with Gasteiger partial charge in [0, 0.05) is 74.7 Å². The minimum atomic E-state index is -0.818. The molecule has 200 valence electrons. The summed E-state index contributed by atoms with van der Waals surface area (Å²) in [6, 6.07) is 11.8. The highest BCUT2D eigenvalue weighted by molar-refractivity contribution is 5.86. The Hall–Kier alpha value is -4.29. The molecule has 0 aromatic carbocycles. The van der Waals surface area contributed by atoms with Gasteiger partial charge in [0.25, 0.3) is 0 Å². The van der Waals surface area contributed by atoms with E-state index in [9.17, 15) is 9.65 Å². The number of hydrogen-bond acceptors (Lipinski definition) is 7. The summed E-state index contributed by atoms with van der Waals surface area (Å²) >= 11 is 0. The lowest BCUT2D eigenvalue weighted by Crippen LogP contribution is -2.68. The Morgan fingerprint density at radius 1 is 1.02 bits per heavy atom. The van der Waals surface area contributed by atoms with E-state index in [0.29, 0.717) is 37.2 Å². The van der Waals surface area contributed by atoms with Crippen LogP contribution in [0.2, 0.25) is 0 Å². The number of aromatic nitrogens is 4. The number of rotatable bonds is 5. The Kier molecular flexibility index (Phi) is 5.39. The van der Waals surface area contributed by atoms with E-state index in [1.54, 1.807) is 10.7 Å². The number of allylic oxidation sites excluding steroid dienone is 1. The molecule has 2 bridgehead atoms. The van der Waals surface area contributed by atoms with Crippen LogP contribution in [0.5, 0.6) is 0 Å². The van der Waals surface area contributed by atoms with Gasteiger partial charge in [0.05, 0.1) is 34.9 Å². The van der Waals surface area contributed by atoms with E-state index >= 15 is 0 Å². The number of halogens is 1. The first kappa shape index (κ1) is 23.6. The zero-order valence-corrected chi connectivity index (χ0v) is 22.1. The van der Waals surface area contributed by atoms with Gasteiger partial charge in [0.1, 0.15) is 18.1 Å². The smallest absolute Gasteiger partial charge is 0.128 e. The summed E-state index contributed by atoms with van der Waals surface area (Å²) in [6.45, 7) is 3.92. The number of pyridine rings is 3. The van der Waals surface area contributed by atoms with E-state index in [1.165, 1.54) is 23.2 Å². The molecule has 9 rings (SSSR count). The first-order valence-corrected chi connectivity index (χ1v) is 14.0. The van der Waals surface area contributed by atoms with Gasteiger partial charge in [0.2, 0.25) is 0 Å². The second kappa shape index (κ2) is 9.14. The fourth-order valence-corrected chi connectivity index (χ4v) is 6.86. The summed E-state index contributed by atoms with van der Waals surface area (Å²) in [7, 11) is 0. The van der Waals surface area contributed by atoms with Crippen molar-refractivity contribution in [2.45, 2.75) is 44.1 Å². The van der Waals surface area contributed by atoms with E-state index in [1.807, 2.05) is 29.6 Å². The van der Waals surface area contributed by atoms with Crippen molar-refractivity contribution in [2.75, 3.05) is 36.0 Å².